The molecule has 0 aliphatic carbocycles. The van der Waals surface area contributed by atoms with Gasteiger partial charge in [0.05, 0.1) is 24.6 Å². The van der Waals surface area contributed by atoms with Crippen LogP contribution in [0.2, 0.25) is 0 Å². The Morgan fingerprint density at radius 2 is 1.42 bits per heavy atom. The van der Waals surface area contributed by atoms with Gasteiger partial charge in [-0.15, -0.1) is 0 Å². The monoisotopic (exact) mass is 586 g/mol. The molecule has 0 saturated carbocycles. The van der Waals surface area contributed by atoms with Gasteiger partial charge in [0.1, 0.15) is 24.4 Å². The molecule has 0 bridgehead atoms. The maximum Gasteiger partial charge on any atom is 0.326 e. The predicted octanol–water partition coefficient (Wildman–Crippen LogP) is 1.57. The number of rotatable bonds is 5. The highest BCUT2D eigenvalue weighted by atomic mass is 16.5. The summed E-state index contributed by atoms with van der Waals surface area (Å²) in [6.07, 6.45) is -0.0995. The minimum atomic E-state index is -1.57. The van der Waals surface area contributed by atoms with Crippen molar-refractivity contribution in [3.8, 4) is 5.75 Å². The topological polar surface area (TPSA) is 154 Å². The molecule has 4 amide bonds. The minimum absolute atomic E-state index is 0.0123. The van der Waals surface area contributed by atoms with Gasteiger partial charge >= 0.3 is 5.97 Å². The van der Waals surface area contributed by atoms with Gasteiger partial charge in [0.15, 0.2) is 0 Å². The quantitative estimate of drug-likeness (QED) is 0.354. The Labute approximate surface area is 249 Å². The molecule has 4 N–H and O–H groups in total. The fourth-order valence-corrected chi connectivity index (χ4v) is 4.78. The summed E-state index contributed by atoms with van der Waals surface area (Å²) in [5.41, 5.74) is 1.76. The van der Waals surface area contributed by atoms with Crippen molar-refractivity contribution in [2.75, 3.05) is 20.2 Å². The maximum absolute atomic E-state index is 13.5. The normalized spacial score (nSPS) is 20.5. The standard InChI is InChI=1S/C32H34N4O7/c1-36-19-29(38)33-23(16-21-10-4-2-5-11-21)20-43-27-15-9-8-14-24(27)30(39)35-26(32(41)42)18-28(37)34-25(31(36)40)17-22-12-6-3-7-13-22/h2-15,23,25-26H,16-20H2,1H3,(H,33,38)(H,34,37)(H,35,39)(H,41,42)/t23-,25+,26+/m1/s1. The molecule has 1 aliphatic heterocycles. The molecular weight excluding hydrogens is 552 g/mol. The number of para-hydroxylation sites is 1. The van der Waals surface area contributed by atoms with Gasteiger partial charge in [-0.25, -0.2) is 4.79 Å². The third-order valence-electron chi connectivity index (χ3n) is 6.93. The van der Waals surface area contributed by atoms with Crippen LogP contribution in [0.1, 0.15) is 27.9 Å². The highest BCUT2D eigenvalue weighted by molar-refractivity contribution is 6.00. The van der Waals surface area contributed by atoms with Gasteiger partial charge in [0.25, 0.3) is 5.91 Å². The first-order chi connectivity index (χ1) is 20.7. The van der Waals surface area contributed by atoms with E-state index < -0.39 is 54.1 Å². The Kier molecular flexibility index (Phi) is 10.5. The summed E-state index contributed by atoms with van der Waals surface area (Å²) >= 11 is 0. The van der Waals surface area contributed by atoms with Crippen LogP contribution >= 0.6 is 0 Å². The van der Waals surface area contributed by atoms with E-state index in [1.807, 2.05) is 36.4 Å². The molecule has 0 radical (unpaired) electrons. The zero-order valence-corrected chi connectivity index (χ0v) is 23.7. The molecule has 3 atom stereocenters. The van der Waals surface area contributed by atoms with Gasteiger partial charge in [0.2, 0.25) is 17.7 Å². The Hall–Kier alpha value is -5.19. The number of carbonyl (C=O) groups excluding carboxylic acids is 4. The lowest BCUT2D eigenvalue weighted by Crippen LogP contribution is -2.53. The maximum atomic E-state index is 13.5. The minimum Gasteiger partial charge on any atom is -0.491 e. The van der Waals surface area contributed by atoms with E-state index in [9.17, 15) is 29.1 Å². The first-order valence-corrected chi connectivity index (χ1v) is 13.9. The van der Waals surface area contributed by atoms with E-state index in [0.717, 1.165) is 11.1 Å². The number of nitrogens with zero attached hydrogens (tertiary/aromatic N) is 1. The van der Waals surface area contributed by atoms with Crippen LogP contribution in [0.5, 0.6) is 5.75 Å². The number of likely N-dealkylation sites (N-methyl/N-ethyl adjacent to an activating group) is 1. The van der Waals surface area contributed by atoms with Crippen molar-refractivity contribution in [3.63, 3.8) is 0 Å². The van der Waals surface area contributed by atoms with Crippen LogP contribution in [-0.2, 0) is 32.0 Å². The number of carboxylic acid groups (broad SMARTS) is 1. The molecule has 0 unspecified atom stereocenters. The highest BCUT2D eigenvalue weighted by Gasteiger charge is 2.30. The Morgan fingerprint density at radius 1 is 0.814 bits per heavy atom. The summed E-state index contributed by atoms with van der Waals surface area (Å²) in [5.74, 6) is -3.71. The predicted molar refractivity (Wildman–Crippen MR) is 157 cm³/mol. The van der Waals surface area contributed by atoms with Crippen LogP contribution < -0.4 is 20.7 Å². The molecule has 1 heterocycles. The molecule has 224 valence electrons. The number of nitrogens with one attached hydrogen (secondary N) is 3. The lowest BCUT2D eigenvalue weighted by atomic mass is 10.0. The van der Waals surface area contributed by atoms with E-state index >= 15 is 0 Å². The molecule has 0 fully saturated rings. The van der Waals surface area contributed by atoms with Crippen LogP contribution in [0.15, 0.2) is 84.9 Å². The van der Waals surface area contributed by atoms with Gasteiger partial charge in [-0.1, -0.05) is 72.8 Å². The fourth-order valence-electron chi connectivity index (χ4n) is 4.78. The zero-order valence-electron chi connectivity index (χ0n) is 23.7. The third kappa shape index (κ3) is 8.90. The molecule has 1 aliphatic rings. The summed E-state index contributed by atoms with van der Waals surface area (Å²) in [4.78, 5) is 66.1. The van der Waals surface area contributed by atoms with E-state index in [4.69, 9.17) is 4.74 Å². The van der Waals surface area contributed by atoms with Gasteiger partial charge in [-0.3, -0.25) is 19.2 Å². The van der Waals surface area contributed by atoms with Crippen LogP contribution in [0.25, 0.3) is 0 Å². The molecule has 3 aromatic rings. The zero-order chi connectivity index (χ0) is 30.8. The summed E-state index contributed by atoms with van der Waals surface area (Å²) in [5, 5.41) is 17.7. The van der Waals surface area contributed by atoms with Gasteiger partial charge < -0.3 is 30.7 Å². The van der Waals surface area contributed by atoms with Crippen LogP contribution in [0.4, 0.5) is 0 Å². The van der Waals surface area contributed by atoms with Crippen LogP contribution in [0, 0.1) is 0 Å². The molecule has 43 heavy (non-hydrogen) atoms. The van der Waals surface area contributed by atoms with Crippen molar-refractivity contribution in [3.05, 3.63) is 102 Å². The van der Waals surface area contributed by atoms with Crippen LogP contribution in [-0.4, -0.2) is 77.9 Å². The largest absolute Gasteiger partial charge is 0.491 e. The van der Waals surface area contributed by atoms with E-state index in [2.05, 4.69) is 16.0 Å². The molecule has 0 aromatic heterocycles. The first kappa shape index (κ1) is 30.8. The average Bonchev–Trinajstić information content (AvgIpc) is 2.99. The summed E-state index contributed by atoms with van der Waals surface area (Å²) in [7, 11) is 1.46. The van der Waals surface area contributed by atoms with Gasteiger partial charge in [0, 0.05) is 13.5 Å². The molecular formula is C32H34N4O7. The first-order valence-electron chi connectivity index (χ1n) is 13.9. The Bertz CT molecular complexity index is 1450. The lowest BCUT2D eigenvalue weighted by Gasteiger charge is -2.26. The van der Waals surface area contributed by atoms with Crippen molar-refractivity contribution in [1.82, 2.24) is 20.9 Å². The molecule has 11 heteroatoms. The van der Waals surface area contributed by atoms with Crippen LogP contribution in [0.3, 0.4) is 0 Å². The number of hydrogen-bond donors (Lipinski definition) is 4. The smallest absolute Gasteiger partial charge is 0.326 e. The number of hydrogen-bond acceptors (Lipinski definition) is 6. The second-order valence-electron chi connectivity index (χ2n) is 10.3. The third-order valence-corrected chi connectivity index (χ3v) is 6.93. The molecule has 0 saturated heterocycles. The van der Waals surface area contributed by atoms with E-state index in [-0.39, 0.29) is 30.9 Å². The molecule has 0 spiro atoms. The summed E-state index contributed by atoms with van der Waals surface area (Å²) in [6, 6.07) is 21.6. The number of carbonyl (C=O) groups is 5. The summed E-state index contributed by atoms with van der Waals surface area (Å²) < 4.78 is 5.98. The Balaban J connectivity index is 1.66. The number of ether oxygens (including phenoxy) is 1. The van der Waals surface area contributed by atoms with Crippen molar-refractivity contribution >= 4 is 29.6 Å². The average molecular weight is 587 g/mol. The summed E-state index contributed by atoms with van der Waals surface area (Å²) in [6.45, 7) is -0.304. The van der Waals surface area contributed by atoms with E-state index in [0.29, 0.717) is 6.42 Å². The highest BCUT2D eigenvalue weighted by Crippen LogP contribution is 2.19. The van der Waals surface area contributed by atoms with Gasteiger partial charge in [-0.05, 0) is 29.7 Å². The van der Waals surface area contributed by atoms with Crippen molar-refractivity contribution in [2.45, 2.75) is 37.4 Å². The van der Waals surface area contributed by atoms with Gasteiger partial charge in [-0.2, -0.15) is 0 Å². The number of benzene rings is 3. The molecule has 3 aromatic carbocycles. The second-order valence-corrected chi connectivity index (χ2v) is 10.3. The SMILES string of the molecule is CN1CC(=O)N[C@H](Cc2ccccc2)COc2ccccc2C(=O)N[C@H](C(=O)O)CC(=O)N[C@@H](Cc2ccccc2)C1=O. The number of amides is 4. The second kappa shape index (κ2) is 14.6. The van der Waals surface area contributed by atoms with Crippen molar-refractivity contribution in [1.29, 1.82) is 0 Å². The number of fused-ring (bicyclic) bond motifs is 1. The lowest BCUT2D eigenvalue weighted by molar-refractivity contribution is -0.142. The molecule has 4 rings (SSSR count). The van der Waals surface area contributed by atoms with Crippen molar-refractivity contribution < 1.29 is 33.8 Å². The molecule has 11 nitrogen and oxygen atoms in total. The fraction of sp³-hybridized carbons (Fsp3) is 0.281. The van der Waals surface area contributed by atoms with Crippen molar-refractivity contribution in [2.24, 2.45) is 0 Å². The number of aliphatic carboxylic acids is 1. The Morgan fingerprint density at radius 3 is 2.07 bits per heavy atom. The van der Waals surface area contributed by atoms with E-state index in [1.165, 1.54) is 18.0 Å². The van der Waals surface area contributed by atoms with E-state index in [1.54, 1.807) is 42.5 Å². The number of carboxylic acids is 1.